The molecular formula is C20H24Cl2FN3O3. The lowest BCUT2D eigenvalue weighted by Crippen LogP contribution is -2.43. The molecule has 0 spiro atoms. The van der Waals surface area contributed by atoms with Crippen LogP contribution in [0.15, 0.2) is 42.6 Å². The van der Waals surface area contributed by atoms with E-state index in [1.807, 2.05) is 26.0 Å². The minimum atomic E-state index is -1.34. The minimum Gasteiger partial charge on any atom is -0.386 e. The number of amides is 1. The van der Waals surface area contributed by atoms with Gasteiger partial charge in [-0.25, -0.2) is 10.3 Å². The topological polar surface area (TPSA) is 97.5 Å². The van der Waals surface area contributed by atoms with Gasteiger partial charge in [0.2, 0.25) is 0 Å². The van der Waals surface area contributed by atoms with E-state index in [-0.39, 0.29) is 0 Å². The van der Waals surface area contributed by atoms with Crippen LogP contribution in [-0.4, -0.2) is 33.6 Å². The van der Waals surface area contributed by atoms with Gasteiger partial charge in [-0.1, -0.05) is 60.5 Å². The number of halogens is 3. The van der Waals surface area contributed by atoms with Crippen molar-refractivity contribution in [2.45, 2.75) is 42.9 Å². The number of nitrogens with two attached hydrogens (primary N) is 1. The number of aliphatic hydroxyl groups is 1. The molecule has 158 valence electrons. The summed E-state index contributed by atoms with van der Waals surface area (Å²) >= 11 is 10.9. The number of nitrogens with zero attached hydrogens (tertiary/aromatic N) is 1. The number of aliphatic hydroxyl groups excluding tert-OH is 1. The second kappa shape index (κ2) is 10.3. The molecule has 1 aromatic heterocycles. The number of aromatic nitrogens is 1. The smallest absolute Gasteiger partial charge is 0.253 e. The van der Waals surface area contributed by atoms with Gasteiger partial charge in [-0.2, -0.15) is 0 Å². The third kappa shape index (κ3) is 5.65. The van der Waals surface area contributed by atoms with Gasteiger partial charge in [0, 0.05) is 11.8 Å². The highest BCUT2D eigenvalue weighted by Crippen LogP contribution is 2.28. The van der Waals surface area contributed by atoms with Gasteiger partial charge >= 0.3 is 0 Å². The summed E-state index contributed by atoms with van der Waals surface area (Å²) in [6.45, 7) is 2.85. The predicted molar refractivity (Wildman–Crippen MR) is 111 cm³/mol. The Morgan fingerprint density at radius 2 is 1.90 bits per heavy atom. The van der Waals surface area contributed by atoms with Gasteiger partial charge in [0.05, 0.1) is 11.7 Å². The first-order chi connectivity index (χ1) is 13.8. The SMILES string of the molecule is CCC(C)(ON)c1ccc(-c2ccc([C@@H](O)[C@@H](CF)NC(=O)C(Cl)Cl)cc2)cn1. The second-order valence-corrected chi connectivity index (χ2v) is 7.87. The normalized spacial score (nSPS) is 15.6. The van der Waals surface area contributed by atoms with Crippen LogP contribution >= 0.6 is 23.2 Å². The van der Waals surface area contributed by atoms with Gasteiger partial charge in [-0.05, 0) is 30.5 Å². The summed E-state index contributed by atoms with van der Waals surface area (Å²) < 4.78 is 13.3. The molecule has 2 aromatic rings. The van der Waals surface area contributed by atoms with Crippen LogP contribution in [0.4, 0.5) is 4.39 Å². The molecule has 3 atom stereocenters. The van der Waals surface area contributed by atoms with Crippen molar-refractivity contribution in [1.82, 2.24) is 10.3 Å². The molecule has 0 saturated heterocycles. The van der Waals surface area contributed by atoms with Gasteiger partial charge in [0.15, 0.2) is 4.84 Å². The van der Waals surface area contributed by atoms with Crippen LogP contribution in [0.2, 0.25) is 0 Å². The first-order valence-corrected chi connectivity index (χ1v) is 9.90. The molecule has 6 nitrogen and oxygen atoms in total. The molecule has 0 bridgehead atoms. The number of benzene rings is 1. The van der Waals surface area contributed by atoms with Crippen LogP contribution in [0, 0.1) is 0 Å². The van der Waals surface area contributed by atoms with Gasteiger partial charge < -0.3 is 10.4 Å². The van der Waals surface area contributed by atoms with Crippen molar-refractivity contribution in [3.8, 4) is 11.1 Å². The zero-order chi connectivity index (χ0) is 21.6. The van der Waals surface area contributed by atoms with E-state index in [9.17, 15) is 14.3 Å². The number of hydrogen-bond acceptors (Lipinski definition) is 5. The fourth-order valence-corrected chi connectivity index (χ4v) is 2.88. The summed E-state index contributed by atoms with van der Waals surface area (Å²) in [5.74, 6) is 4.63. The molecule has 1 amide bonds. The first-order valence-electron chi connectivity index (χ1n) is 9.03. The highest BCUT2D eigenvalue weighted by atomic mass is 35.5. The van der Waals surface area contributed by atoms with Crippen molar-refractivity contribution < 1.29 is 19.1 Å². The minimum absolute atomic E-state index is 0.442. The number of nitrogens with one attached hydrogen (secondary N) is 1. The summed E-state index contributed by atoms with van der Waals surface area (Å²) in [7, 11) is 0. The van der Waals surface area contributed by atoms with Crippen LogP contribution in [-0.2, 0) is 15.2 Å². The average Bonchev–Trinajstić information content (AvgIpc) is 2.76. The van der Waals surface area contributed by atoms with Crippen LogP contribution in [0.25, 0.3) is 11.1 Å². The molecule has 0 radical (unpaired) electrons. The Bertz CT molecular complexity index is 800. The van der Waals surface area contributed by atoms with Crippen LogP contribution < -0.4 is 11.2 Å². The summed E-state index contributed by atoms with van der Waals surface area (Å²) in [5.41, 5.74) is 2.21. The van der Waals surface area contributed by atoms with Crippen molar-refractivity contribution in [3.63, 3.8) is 0 Å². The number of carbonyl (C=O) groups excluding carboxylic acids is 1. The molecule has 0 fully saturated rings. The maximum absolute atomic E-state index is 13.3. The van der Waals surface area contributed by atoms with E-state index >= 15 is 0 Å². The molecular weight excluding hydrogens is 420 g/mol. The molecule has 0 aliphatic heterocycles. The van der Waals surface area contributed by atoms with E-state index in [4.69, 9.17) is 33.9 Å². The summed E-state index contributed by atoms with van der Waals surface area (Å²) in [6.07, 6.45) is 1.12. The summed E-state index contributed by atoms with van der Waals surface area (Å²) in [4.78, 5) is 19.7. The lowest BCUT2D eigenvalue weighted by atomic mass is 9.96. The Labute approximate surface area is 179 Å². The maximum Gasteiger partial charge on any atom is 0.253 e. The van der Waals surface area contributed by atoms with Crippen molar-refractivity contribution >= 4 is 29.1 Å². The monoisotopic (exact) mass is 443 g/mol. The molecule has 4 N–H and O–H groups in total. The molecule has 0 aliphatic carbocycles. The maximum atomic E-state index is 13.3. The number of carbonyl (C=O) groups is 1. The predicted octanol–water partition coefficient (Wildman–Crippen LogP) is 3.56. The Hall–Kier alpha value is -1.77. The van der Waals surface area contributed by atoms with Crippen molar-refractivity contribution in [2.75, 3.05) is 6.67 Å². The molecule has 0 aliphatic rings. The average molecular weight is 444 g/mol. The highest BCUT2D eigenvalue weighted by molar-refractivity contribution is 6.53. The van der Waals surface area contributed by atoms with Crippen LogP contribution in [0.5, 0.6) is 0 Å². The van der Waals surface area contributed by atoms with E-state index in [0.29, 0.717) is 12.0 Å². The van der Waals surface area contributed by atoms with E-state index in [2.05, 4.69) is 10.3 Å². The third-order valence-corrected chi connectivity index (χ3v) is 5.30. The van der Waals surface area contributed by atoms with E-state index in [0.717, 1.165) is 16.8 Å². The van der Waals surface area contributed by atoms with Gasteiger partial charge in [-0.3, -0.25) is 14.6 Å². The zero-order valence-corrected chi connectivity index (χ0v) is 17.6. The Kier molecular flexibility index (Phi) is 8.36. The largest absolute Gasteiger partial charge is 0.386 e. The highest BCUT2D eigenvalue weighted by Gasteiger charge is 2.27. The Balaban J connectivity index is 2.16. The number of alkyl halides is 3. The molecule has 1 aromatic carbocycles. The lowest BCUT2D eigenvalue weighted by Gasteiger charge is -2.24. The Morgan fingerprint density at radius 3 is 2.34 bits per heavy atom. The van der Waals surface area contributed by atoms with Crippen LogP contribution in [0.1, 0.15) is 37.6 Å². The van der Waals surface area contributed by atoms with Crippen molar-refractivity contribution in [3.05, 3.63) is 53.9 Å². The fourth-order valence-electron chi connectivity index (χ4n) is 2.75. The van der Waals surface area contributed by atoms with Crippen LogP contribution in [0.3, 0.4) is 0 Å². The van der Waals surface area contributed by atoms with Crippen molar-refractivity contribution in [2.24, 2.45) is 5.90 Å². The fraction of sp³-hybridized carbons (Fsp3) is 0.400. The lowest BCUT2D eigenvalue weighted by molar-refractivity contribution is -0.121. The number of rotatable bonds is 9. The third-order valence-electron chi connectivity index (χ3n) is 4.90. The second-order valence-electron chi connectivity index (χ2n) is 6.77. The van der Waals surface area contributed by atoms with E-state index in [1.54, 1.807) is 30.5 Å². The first kappa shape index (κ1) is 23.5. The van der Waals surface area contributed by atoms with Gasteiger partial charge in [-0.15, -0.1) is 0 Å². The molecule has 1 unspecified atom stereocenters. The zero-order valence-electron chi connectivity index (χ0n) is 16.1. The molecule has 0 saturated carbocycles. The van der Waals surface area contributed by atoms with Gasteiger partial charge in [0.25, 0.3) is 5.91 Å². The molecule has 2 rings (SSSR count). The van der Waals surface area contributed by atoms with E-state index in [1.165, 1.54) is 0 Å². The number of hydrogen-bond donors (Lipinski definition) is 3. The number of pyridine rings is 1. The summed E-state index contributed by atoms with van der Waals surface area (Å²) in [5, 5.41) is 12.7. The molecule has 9 heteroatoms. The molecule has 1 heterocycles. The quantitative estimate of drug-likeness (QED) is 0.406. The van der Waals surface area contributed by atoms with Gasteiger partial charge in [0.1, 0.15) is 18.4 Å². The standard InChI is InChI=1S/C20H24Cl2FN3O3/c1-3-20(2,29-24)16-9-8-14(11-25-16)12-4-6-13(7-5-12)17(27)15(10-23)26-19(28)18(21)22/h4-9,11,15,17-18,27H,3,10,24H2,1-2H3,(H,26,28)/t15-,17-,20?/m1/s1. The van der Waals surface area contributed by atoms with E-state index < -0.39 is 35.2 Å². The Morgan fingerprint density at radius 1 is 1.28 bits per heavy atom. The molecule has 29 heavy (non-hydrogen) atoms. The summed E-state index contributed by atoms with van der Waals surface area (Å²) in [6, 6.07) is 9.44. The van der Waals surface area contributed by atoms with Crippen molar-refractivity contribution in [1.29, 1.82) is 0 Å².